The van der Waals surface area contributed by atoms with Crippen molar-refractivity contribution in [3.63, 3.8) is 0 Å². The molecule has 2 heteroatoms. The van der Waals surface area contributed by atoms with Gasteiger partial charge in [0.05, 0.1) is 0 Å². The Kier molecular flexibility index (Phi) is 2.61. The average molecular weight is 197 g/mol. The van der Waals surface area contributed by atoms with Crippen LogP contribution in [0.4, 0.5) is 0 Å². The Labute approximate surface area is 87.2 Å². The third-order valence-electron chi connectivity index (χ3n) is 4.11. The summed E-state index contributed by atoms with van der Waals surface area (Å²) in [6.45, 7) is 6.54. The van der Waals surface area contributed by atoms with E-state index in [2.05, 4.69) is 13.8 Å². The SMILES string of the molecule is CC1(C)CCC(N)(C2CCOCC2)C1. The van der Waals surface area contributed by atoms with E-state index in [9.17, 15) is 0 Å². The van der Waals surface area contributed by atoms with Crippen LogP contribution in [-0.2, 0) is 4.74 Å². The second-order valence-corrected chi connectivity index (χ2v) is 5.96. The highest BCUT2D eigenvalue weighted by molar-refractivity contribution is 5.01. The molecular formula is C12H23NO. The van der Waals surface area contributed by atoms with Crippen molar-refractivity contribution in [2.24, 2.45) is 17.1 Å². The van der Waals surface area contributed by atoms with Crippen LogP contribution in [0.25, 0.3) is 0 Å². The number of ether oxygens (including phenoxy) is 1. The summed E-state index contributed by atoms with van der Waals surface area (Å²) in [5.74, 6) is 0.707. The molecule has 14 heavy (non-hydrogen) atoms. The summed E-state index contributed by atoms with van der Waals surface area (Å²) in [5, 5.41) is 0. The van der Waals surface area contributed by atoms with Crippen molar-refractivity contribution in [3.8, 4) is 0 Å². The van der Waals surface area contributed by atoms with Gasteiger partial charge in [0.1, 0.15) is 0 Å². The van der Waals surface area contributed by atoms with Crippen molar-refractivity contribution < 1.29 is 4.74 Å². The fourth-order valence-electron chi connectivity index (χ4n) is 3.26. The first-order chi connectivity index (χ1) is 6.52. The summed E-state index contributed by atoms with van der Waals surface area (Å²) in [6, 6.07) is 0. The molecule has 1 aliphatic carbocycles. The van der Waals surface area contributed by atoms with Crippen LogP contribution in [0, 0.1) is 11.3 Å². The zero-order valence-corrected chi connectivity index (χ0v) is 9.51. The molecule has 0 aromatic rings. The second kappa shape index (κ2) is 3.49. The van der Waals surface area contributed by atoms with Gasteiger partial charge in [-0.05, 0) is 43.4 Å². The fraction of sp³-hybridized carbons (Fsp3) is 1.00. The van der Waals surface area contributed by atoms with Crippen LogP contribution in [0.5, 0.6) is 0 Å². The van der Waals surface area contributed by atoms with Crippen LogP contribution < -0.4 is 5.73 Å². The first-order valence-electron chi connectivity index (χ1n) is 5.89. The molecule has 1 unspecified atom stereocenters. The van der Waals surface area contributed by atoms with Gasteiger partial charge in [-0.1, -0.05) is 13.8 Å². The van der Waals surface area contributed by atoms with Crippen LogP contribution in [0.15, 0.2) is 0 Å². The largest absolute Gasteiger partial charge is 0.381 e. The lowest BCUT2D eigenvalue weighted by molar-refractivity contribution is 0.0371. The van der Waals surface area contributed by atoms with Crippen LogP contribution in [0.2, 0.25) is 0 Å². The minimum absolute atomic E-state index is 0.118. The van der Waals surface area contributed by atoms with E-state index in [4.69, 9.17) is 10.5 Å². The molecule has 1 saturated carbocycles. The number of hydrogen-bond donors (Lipinski definition) is 1. The molecule has 2 rings (SSSR count). The molecule has 1 aliphatic heterocycles. The molecule has 1 heterocycles. The van der Waals surface area contributed by atoms with Crippen molar-refractivity contribution in [1.29, 1.82) is 0 Å². The molecule has 0 spiro atoms. The molecule has 2 fully saturated rings. The molecule has 2 nitrogen and oxygen atoms in total. The van der Waals surface area contributed by atoms with Crippen molar-refractivity contribution in [3.05, 3.63) is 0 Å². The lowest BCUT2D eigenvalue weighted by atomic mass is 9.76. The van der Waals surface area contributed by atoms with E-state index in [-0.39, 0.29) is 5.54 Å². The lowest BCUT2D eigenvalue weighted by Gasteiger charge is -2.37. The molecule has 1 saturated heterocycles. The van der Waals surface area contributed by atoms with Gasteiger partial charge >= 0.3 is 0 Å². The Morgan fingerprint density at radius 2 is 1.79 bits per heavy atom. The molecule has 2 N–H and O–H groups in total. The Morgan fingerprint density at radius 1 is 1.14 bits per heavy atom. The maximum atomic E-state index is 6.55. The highest BCUT2D eigenvalue weighted by Crippen LogP contribution is 2.47. The third-order valence-corrected chi connectivity index (χ3v) is 4.11. The molecule has 0 amide bonds. The Morgan fingerprint density at radius 3 is 2.29 bits per heavy atom. The van der Waals surface area contributed by atoms with E-state index in [1.807, 2.05) is 0 Å². The number of nitrogens with two attached hydrogens (primary N) is 1. The first kappa shape index (κ1) is 10.4. The van der Waals surface area contributed by atoms with Gasteiger partial charge in [0.2, 0.25) is 0 Å². The Hall–Kier alpha value is -0.0800. The van der Waals surface area contributed by atoms with Gasteiger partial charge in [0.25, 0.3) is 0 Å². The molecule has 0 bridgehead atoms. The highest BCUT2D eigenvalue weighted by Gasteiger charge is 2.45. The topological polar surface area (TPSA) is 35.2 Å². The Balaban J connectivity index is 2.01. The van der Waals surface area contributed by atoms with Gasteiger partial charge in [-0.15, -0.1) is 0 Å². The van der Waals surface area contributed by atoms with Crippen molar-refractivity contribution in [2.75, 3.05) is 13.2 Å². The maximum Gasteiger partial charge on any atom is 0.0469 e. The van der Waals surface area contributed by atoms with Gasteiger partial charge in [0, 0.05) is 18.8 Å². The van der Waals surface area contributed by atoms with E-state index in [0.717, 1.165) is 13.2 Å². The molecule has 2 aliphatic rings. The predicted molar refractivity (Wildman–Crippen MR) is 58.1 cm³/mol. The van der Waals surface area contributed by atoms with E-state index in [0.29, 0.717) is 11.3 Å². The third kappa shape index (κ3) is 1.96. The van der Waals surface area contributed by atoms with Gasteiger partial charge < -0.3 is 10.5 Å². The molecule has 1 atom stereocenters. The molecule has 0 aromatic carbocycles. The summed E-state index contributed by atoms with van der Waals surface area (Å²) in [4.78, 5) is 0. The molecular weight excluding hydrogens is 174 g/mol. The van der Waals surface area contributed by atoms with Gasteiger partial charge in [-0.3, -0.25) is 0 Å². The van der Waals surface area contributed by atoms with Crippen LogP contribution in [-0.4, -0.2) is 18.8 Å². The zero-order chi connectivity index (χ0) is 10.2. The quantitative estimate of drug-likeness (QED) is 0.700. The van der Waals surface area contributed by atoms with Gasteiger partial charge in [-0.25, -0.2) is 0 Å². The van der Waals surface area contributed by atoms with E-state index in [1.54, 1.807) is 0 Å². The van der Waals surface area contributed by atoms with Crippen LogP contribution in [0.1, 0.15) is 46.0 Å². The predicted octanol–water partition coefficient (Wildman–Crippen LogP) is 2.32. The normalized spacial score (nSPS) is 38.8. The van der Waals surface area contributed by atoms with Crippen molar-refractivity contribution in [1.82, 2.24) is 0 Å². The van der Waals surface area contributed by atoms with Gasteiger partial charge in [-0.2, -0.15) is 0 Å². The summed E-state index contributed by atoms with van der Waals surface area (Å²) < 4.78 is 5.40. The smallest absolute Gasteiger partial charge is 0.0469 e. The highest BCUT2D eigenvalue weighted by atomic mass is 16.5. The van der Waals surface area contributed by atoms with Crippen LogP contribution in [0.3, 0.4) is 0 Å². The number of rotatable bonds is 1. The summed E-state index contributed by atoms with van der Waals surface area (Å²) in [6.07, 6.45) is 6.05. The second-order valence-electron chi connectivity index (χ2n) is 5.96. The zero-order valence-electron chi connectivity index (χ0n) is 9.51. The van der Waals surface area contributed by atoms with Crippen LogP contribution >= 0.6 is 0 Å². The summed E-state index contributed by atoms with van der Waals surface area (Å²) >= 11 is 0. The number of hydrogen-bond acceptors (Lipinski definition) is 2. The Bertz CT molecular complexity index is 208. The van der Waals surface area contributed by atoms with Crippen molar-refractivity contribution >= 4 is 0 Å². The monoisotopic (exact) mass is 197 g/mol. The molecule has 0 aromatic heterocycles. The van der Waals surface area contributed by atoms with E-state index < -0.39 is 0 Å². The first-order valence-corrected chi connectivity index (χ1v) is 5.89. The standard InChI is InChI=1S/C12H23NO/c1-11(2)5-6-12(13,9-11)10-3-7-14-8-4-10/h10H,3-9,13H2,1-2H3. The summed E-state index contributed by atoms with van der Waals surface area (Å²) in [5.41, 5.74) is 7.14. The summed E-state index contributed by atoms with van der Waals surface area (Å²) in [7, 11) is 0. The van der Waals surface area contributed by atoms with E-state index >= 15 is 0 Å². The molecule has 82 valence electrons. The van der Waals surface area contributed by atoms with Crippen molar-refractivity contribution in [2.45, 2.75) is 51.5 Å². The maximum absolute atomic E-state index is 6.55. The molecule has 0 radical (unpaired) electrons. The minimum atomic E-state index is 0.118. The van der Waals surface area contributed by atoms with E-state index in [1.165, 1.54) is 32.1 Å². The fourth-order valence-corrected chi connectivity index (χ4v) is 3.26. The average Bonchev–Trinajstić information content (AvgIpc) is 2.44. The minimum Gasteiger partial charge on any atom is -0.381 e. The lowest BCUT2D eigenvalue weighted by Crippen LogP contribution is -2.47. The van der Waals surface area contributed by atoms with Gasteiger partial charge in [0.15, 0.2) is 0 Å².